The molecule has 0 fully saturated rings. The zero-order valence-corrected chi connectivity index (χ0v) is 11.3. The molecule has 0 aliphatic rings. The van der Waals surface area contributed by atoms with Gasteiger partial charge in [0.2, 0.25) is 11.8 Å². The van der Waals surface area contributed by atoms with Crippen molar-refractivity contribution in [2.24, 2.45) is 5.92 Å². The van der Waals surface area contributed by atoms with Crippen LogP contribution >= 0.6 is 16.1 Å². The Morgan fingerprint density at radius 3 is 2.06 bits per heavy atom. The normalized spacial score (nSPS) is 10.1. The number of nitrogens with one attached hydrogen (secondary N) is 1. The summed E-state index contributed by atoms with van der Waals surface area (Å²) < 4.78 is 0.790. The van der Waals surface area contributed by atoms with Crippen molar-refractivity contribution in [2.45, 2.75) is 40.0 Å². The fourth-order valence-corrected chi connectivity index (χ4v) is 1.53. The summed E-state index contributed by atoms with van der Waals surface area (Å²) in [6, 6.07) is -0.733. The van der Waals surface area contributed by atoms with Crippen molar-refractivity contribution in [3.8, 4) is 0 Å². The Balaban J connectivity index is 4.42. The third-order valence-corrected chi connectivity index (χ3v) is 2.95. The average Bonchev–Trinajstić information content (AvgIpc) is 2.29. The molecule has 6 heteroatoms. The van der Waals surface area contributed by atoms with Crippen molar-refractivity contribution >= 4 is 34.0 Å². The summed E-state index contributed by atoms with van der Waals surface area (Å²) in [5.41, 5.74) is 0. The van der Waals surface area contributed by atoms with Crippen LogP contribution < -0.4 is 5.32 Å². The second-order valence-electron chi connectivity index (χ2n) is 3.34. The molecule has 0 aromatic carbocycles. The predicted octanol–water partition coefficient (Wildman–Crippen LogP) is 2.21. The highest BCUT2D eigenvalue weighted by Gasteiger charge is 2.25. The first-order chi connectivity index (χ1) is 7.47. The number of carbonyl (C=O) groups excluding carboxylic acids is 3. The predicted molar refractivity (Wildman–Crippen MR) is 63.7 cm³/mol. The molecule has 4 amide bonds. The summed E-state index contributed by atoms with van der Waals surface area (Å²) in [5, 5.41) is 2.09. The van der Waals surface area contributed by atoms with Gasteiger partial charge in [-0.15, -0.1) is 0 Å². The second kappa shape index (κ2) is 7.38. The van der Waals surface area contributed by atoms with Gasteiger partial charge in [-0.3, -0.25) is 14.9 Å². The van der Waals surface area contributed by atoms with Gasteiger partial charge in [-0.1, -0.05) is 20.8 Å². The molecule has 0 aromatic heterocycles. The molecule has 92 valence electrons. The highest BCUT2D eigenvalue weighted by molar-refractivity contribution is 9.08. The molecule has 0 atom stereocenters. The highest BCUT2D eigenvalue weighted by atomic mass is 79.9. The first kappa shape index (κ1) is 15.1. The minimum atomic E-state index is -0.733. The summed E-state index contributed by atoms with van der Waals surface area (Å²) in [6.07, 6.45) is 1.52. The van der Waals surface area contributed by atoms with E-state index in [1.165, 1.54) is 0 Å². The molecule has 0 spiro atoms. The third-order valence-electron chi connectivity index (χ3n) is 2.27. The maximum Gasteiger partial charge on any atom is 0.341 e. The number of halogens is 1. The lowest BCUT2D eigenvalue weighted by molar-refractivity contribution is -0.128. The van der Waals surface area contributed by atoms with Crippen molar-refractivity contribution in [1.29, 1.82) is 0 Å². The van der Waals surface area contributed by atoms with Gasteiger partial charge in [0.05, 0.1) is 16.1 Å². The fourth-order valence-electron chi connectivity index (χ4n) is 1.16. The number of hydrogen-bond donors (Lipinski definition) is 1. The van der Waals surface area contributed by atoms with E-state index in [0.29, 0.717) is 12.8 Å². The van der Waals surface area contributed by atoms with Gasteiger partial charge in [0.25, 0.3) is 0 Å². The van der Waals surface area contributed by atoms with Gasteiger partial charge in [-0.05, 0) is 12.8 Å². The van der Waals surface area contributed by atoms with Gasteiger partial charge in [-0.25, -0.2) is 4.79 Å². The van der Waals surface area contributed by atoms with E-state index in [1.807, 2.05) is 13.8 Å². The number of amides is 4. The molecular weight excluding hydrogens is 276 g/mol. The summed E-state index contributed by atoms with van der Waals surface area (Å²) in [4.78, 5) is 34.1. The van der Waals surface area contributed by atoms with E-state index in [2.05, 4.69) is 21.5 Å². The first-order valence-electron chi connectivity index (χ1n) is 5.31. The number of carbonyl (C=O) groups is 3. The van der Waals surface area contributed by atoms with Crippen molar-refractivity contribution in [1.82, 2.24) is 9.24 Å². The molecule has 0 aliphatic heterocycles. The van der Waals surface area contributed by atoms with Gasteiger partial charge >= 0.3 is 6.03 Å². The molecular formula is C10H17BrN2O3. The summed E-state index contributed by atoms with van der Waals surface area (Å²) in [5.74, 6) is -0.944. The van der Waals surface area contributed by atoms with Crippen molar-refractivity contribution in [2.75, 3.05) is 0 Å². The van der Waals surface area contributed by atoms with Gasteiger partial charge in [0.1, 0.15) is 0 Å². The van der Waals surface area contributed by atoms with Crippen LogP contribution in [0.15, 0.2) is 0 Å². The van der Waals surface area contributed by atoms with Crippen LogP contribution in [0.1, 0.15) is 40.0 Å². The smallest absolute Gasteiger partial charge is 0.277 e. The minimum absolute atomic E-state index is 0.200. The minimum Gasteiger partial charge on any atom is -0.277 e. The molecule has 0 saturated heterocycles. The molecule has 0 saturated carbocycles. The molecule has 0 bridgehead atoms. The molecule has 0 radical (unpaired) electrons. The molecule has 0 aromatic rings. The lowest BCUT2D eigenvalue weighted by atomic mass is 10.0. The zero-order valence-electron chi connectivity index (χ0n) is 9.75. The number of rotatable bonds is 4. The molecule has 5 nitrogen and oxygen atoms in total. The van der Waals surface area contributed by atoms with Crippen molar-refractivity contribution in [3.63, 3.8) is 0 Å². The molecule has 0 rings (SSSR count). The third kappa shape index (κ3) is 4.30. The van der Waals surface area contributed by atoms with Crippen LogP contribution in [0.25, 0.3) is 0 Å². The summed E-state index contributed by atoms with van der Waals surface area (Å²) in [6.45, 7) is 5.38. The second-order valence-corrected chi connectivity index (χ2v) is 4.05. The van der Waals surface area contributed by atoms with Crippen LogP contribution in [-0.2, 0) is 9.59 Å². The lowest BCUT2D eigenvalue weighted by Gasteiger charge is -2.18. The Kier molecular flexibility index (Phi) is 6.96. The Morgan fingerprint density at radius 1 is 1.19 bits per heavy atom. The lowest BCUT2D eigenvalue weighted by Crippen LogP contribution is -2.42. The summed E-state index contributed by atoms with van der Waals surface area (Å²) in [7, 11) is 0. The maximum atomic E-state index is 11.7. The van der Waals surface area contributed by atoms with E-state index in [9.17, 15) is 14.4 Å². The Morgan fingerprint density at radius 2 is 1.69 bits per heavy atom. The van der Waals surface area contributed by atoms with Crippen LogP contribution in [0.3, 0.4) is 0 Å². The quantitative estimate of drug-likeness (QED) is 0.808. The maximum absolute atomic E-state index is 11.7. The van der Waals surface area contributed by atoms with Gasteiger partial charge in [0, 0.05) is 12.3 Å². The van der Waals surface area contributed by atoms with Crippen LogP contribution in [0, 0.1) is 5.92 Å². The Labute approximate surface area is 104 Å². The zero-order chi connectivity index (χ0) is 12.7. The van der Waals surface area contributed by atoms with Gasteiger partial charge < -0.3 is 0 Å². The largest absolute Gasteiger partial charge is 0.341 e. The fraction of sp³-hybridized carbons (Fsp3) is 0.700. The van der Waals surface area contributed by atoms with Crippen LogP contribution in [0.4, 0.5) is 4.79 Å². The van der Waals surface area contributed by atoms with Crippen molar-refractivity contribution in [3.05, 3.63) is 0 Å². The highest BCUT2D eigenvalue weighted by Crippen LogP contribution is 2.14. The van der Waals surface area contributed by atoms with E-state index < -0.39 is 11.9 Å². The van der Waals surface area contributed by atoms with Crippen LogP contribution in [-0.4, -0.2) is 21.8 Å². The number of nitrogens with zero attached hydrogens (tertiary/aromatic N) is 1. The standard InChI is InChI=1S/C10H17BrN2O3/c1-4-7(5-2)9(15)13(11)10(16)12-8(14)6-3/h7H,4-6H2,1-3H3,(H,12,14,16). The molecule has 0 aliphatic carbocycles. The molecule has 0 unspecified atom stereocenters. The molecule has 1 N–H and O–H groups in total. The van der Waals surface area contributed by atoms with E-state index in [4.69, 9.17) is 0 Å². The number of imide groups is 2. The number of urea groups is 1. The topological polar surface area (TPSA) is 66.5 Å². The van der Waals surface area contributed by atoms with Crippen molar-refractivity contribution < 1.29 is 14.4 Å². The average molecular weight is 293 g/mol. The van der Waals surface area contributed by atoms with Gasteiger partial charge in [0.15, 0.2) is 0 Å². The Bertz CT molecular complexity index is 277. The van der Waals surface area contributed by atoms with Crippen LogP contribution in [0.2, 0.25) is 0 Å². The SMILES string of the molecule is CCC(=O)NC(=O)N(Br)C(=O)C(CC)CC. The molecule has 16 heavy (non-hydrogen) atoms. The van der Waals surface area contributed by atoms with E-state index in [0.717, 1.165) is 3.93 Å². The summed E-state index contributed by atoms with van der Waals surface area (Å²) >= 11 is 2.87. The number of hydrogen-bond acceptors (Lipinski definition) is 3. The van der Waals surface area contributed by atoms with E-state index >= 15 is 0 Å². The monoisotopic (exact) mass is 292 g/mol. The van der Waals surface area contributed by atoms with Gasteiger partial charge in [-0.2, -0.15) is 3.93 Å². The van der Waals surface area contributed by atoms with E-state index in [-0.39, 0.29) is 18.2 Å². The molecule has 0 heterocycles. The Hall–Kier alpha value is -0.910. The van der Waals surface area contributed by atoms with E-state index in [1.54, 1.807) is 6.92 Å². The first-order valence-corrected chi connectivity index (χ1v) is 6.02. The van der Waals surface area contributed by atoms with Crippen LogP contribution in [0.5, 0.6) is 0 Å².